The Hall–Kier alpha value is -0.860. The molecule has 0 bridgehead atoms. The molecule has 2 rings (SSSR count). The molecule has 2 atom stereocenters. The number of benzene rings is 1. The van der Waals surface area contributed by atoms with Crippen molar-refractivity contribution >= 4 is 0 Å². The molecule has 1 saturated heterocycles. The van der Waals surface area contributed by atoms with Crippen LogP contribution in [-0.4, -0.2) is 37.6 Å². The molecule has 21 heavy (non-hydrogen) atoms. The van der Waals surface area contributed by atoms with Gasteiger partial charge in [0.2, 0.25) is 0 Å². The number of likely N-dealkylation sites (tertiary alicyclic amines) is 1. The Bertz CT molecular complexity index is 453. The molecule has 1 aromatic carbocycles. The van der Waals surface area contributed by atoms with Crippen LogP contribution >= 0.6 is 0 Å². The molecule has 0 amide bonds. The fourth-order valence-corrected chi connectivity index (χ4v) is 3.30. The van der Waals surface area contributed by atoms with Gasteiger partial charge in [-0.1, -0.05) is 32.0 Å². The van der Waals surface area contributed by atoms with E-state index >= 15 is 0 Å². The van der Waals surface area contributed by atoms with Crippen LogP contribution in [0.5, 0.6) is 0 Å². The number of nitrogens with zero attached hydrogens (tertiary/aromatic N) is 1. The van der Waals surface area contributed by atoms with E-state index in [1.165, 1.54) is 42.6 Å². The van der Waals surface area contributed by atoms with Crippen LogP contribution in [-0.2, 0) is 0 Å². The van der Waals surface area contributed by atoms with Crippen molar-refractivity contribution in [2.24, 2.45) is 5.92 Å². The van der Waals surface area contributed by atoms with Gasteiger partial charge in [-0.3, -0.25) is 0 Å². The van der Waals surface area contributed by atoms with Crippen molar-refractivity contribution in [3.05, 3.63) is 34.9 Å². The molecule has 0 aromatic heterocycles. The average Bonchev–Trinajstić information content (AvgIpc) is 2.41. The summed E-state index contributed by atoms with van der Waals surface area (Å²) in [5, 5.41) is 3.77. The summed E-state index contributed by atoms with van der Waals surface area (Å²) in [6, 6.07) is 7.64. The summed E-state index contributed by atoms with van der Waals surface area (Å²) < 4.78 is 0. The van der Waals surface area contributed by atoms with Crippen LogP contribution in [0.2, 0.25) is 0 Å². The fraction of sp³-hybridized carbons (Fsp3) is 0.684. The summed E-state index contributed by atoms with van der Waals surface area (Å²) in [5.74, 6) is 1.45. The van der Waals surface area contributed by atoms with E-state index in [0.29, 0.717) is 12.0 Å². The molecule has 2 heteroatoms. The molecule has 2 unspecified atom stereocenters. The van der Waals surface area contributed by atoms with Gasteiger partial charge in [-0.25, -0.2) is 0 Å². The van der Waals surface area contributed by atoms with E-state index in [4.69, 9.17) is 0 Å². The predicted molar refractivity (Wildman–Crippen MR) is 92.0 cm³/mol. The lowest BCUT2D eigenvalue weighted by atomic mass is 9.87. The van der Waals surface area contributed by atoms with Crippen LogP contribution in [0.15, 0.2) is 18.2 Å². The Balaban J connectivity index is 1.98. The summed E-state index contributed by atoms with van der Waals surface area (Å²) in [6.07, 6.45) is 2.54. The van der Waals surface area contributed by atoms with E-state index in [2.05, 4.69) is 63.2 Å². The maximum Gasteiger partial charge on any atom is 0.0201 e. The third-order valence-electron chi connectivity index (χ3n) is 4.79. The van der Waals surface area contributed by atoms with Crippen molar-refractivity contribution in [3.63, 3.8) is 0 Å². The first kappa shape index (κ1) is 16.5. The first-order chi connectivity index (χ1) is 9.95. The van der Waals surface area contributed by atoms with Gasteiger partial charge in [0.25, 0.3) is 0 Å². The molecular formula is C19H32N2. The highest BCUT2D eigenvalue weighted by molar-refractivity contribution is 5.32. The molecule has 0 saturated carbocycles. The highest BCUT2D eigenvalue weighted by Crippen LogP contribution is 2.28. The molecule has 1 aromatic rings. The molecule has 0 radical (unpaired) electrons. The first-order valence-electron chi connectivity index (χ1n) is 8.44. The van der Waals surface area contributed by atoms with Gasteiger partial charge in [-0.05, 0) is 68.8 Å². The monoisotopic (exact) mass is 288 g/mol. The molecule has 0 spiro atoms. The largest absolute Gasteiger partial charge is 0.313 e. The second-order valence-electron chi connectivity index (χ2n) is 7.33. The van der Waals surface area contributed by atoms with Gasteiger partial charge in [0, 0.05) is 19.1 Å². The lowest BCUT2D eigenvalue weighted by Crippen LogP contribution is -2.47. The van der Waals surface area contributed by atoms with Crippen LogP contribution in [0.25, 0.3) is 0 Å². The molecule has 1 aliphatic heterocycles. The normalized spacial score (nSPS) is 23.7. The molecule has 2 nitrogen and oxygen atoms in total. The Morgan fingerprint density at radius 3 is 2.62 bits per heavy atom. The van der Waals surface area contributed by atoms with Crippen molar-refractivity contribution in [1.29, 1.82) is 0 Å². The van der Waals surface area contributed by atoms with E-state index in [0.717, 1.165) is 12.5 Å². The van der Waals surface area contributed by atoms with Gasteiger partial charge < -0.3 is 10.2 Å². The second kappa shape index (κ2) is 7.42. The second-order valence-corrected chi connectivity index (χ2v) is 7.33. The molecule has 1 N–H and O–H groups in total. The Labute approximate surface area is 130 Å². The Morgan fingerprint density at radius 2 is 1.95 bits per heavy atom. The molecule has 1 fully saturated rings. The highest BCUT2D eigenvalue weighted by atomic mass is 15.1. The zero-order valence-electron chi connectivity index (χ0n) is 14.4. The minimum Gasteiger partial charge on any atom is -0.313 e. The number of hydrogen-bond acceptors (Lipinski definition) is 2. The number of nitrogens with one attached hydrogen (secondary N) is 1. The fourth-order valence-electron chi connectivity index (χ4n) is 3.30. The highest BCUT2D eigenvalue weighted by Gasteiger charge is 2.26. The Morgan fingerprint density at radius 1 is 1.19 bits per heavy atom. The van der Waals surface area contributed by atoms with Gasteiger partial charge in [-0.2, -0.15) is 0 Å². The van der Waals surface area contributed by atoms with Crippen molar-refractivity contribution in [2.45, 2.75) is 52.5 Å². The van der Waals surface area contributed by atoms with Crippen molar-refractivity contribution < 1.29 is 0 Å². The van der Waals surface area contributed by atoms with Crippen molar-refractivity contribution in [3.8, 4) is 0 Å². The first-order valence-corrected chi connectivity index (χ1v) is 8.44. The number of hydrogen-bond donors (Lipinski definition) is 1. The van der Waals surface area contributed by atoms with Gasteiger partial charge in [0.15, 0.2) is 0 Å². The van der Waals surface area contributed by atoms with Crippen LogP contribution in [0.1, 0.15) is 49.3 Å². The zero-order valence-corrected chi connectivity index (χ0v) is 14.4. The molecule has 1 aliphatic rings. The maximum atomic E-state index is 3.77. The van der Waals surface area contributed by atoms with E-state index < -0.39 is 0 Å². The number of piperidine rings is 1. The third kappa shape index (κ3) is 4.82. The van der Waals surface area contributed by atoms with E-state index in [1.807, 2.05) is 0 Å². The molecular weight excluding hydrogens is 256 g/mol. The van der Waals surface area contributed by atoms with E-state index in [9.17, 15) is 0 Å². The lowest BCUT2D eigenvalue weighted by Gasteiger charge is -2.36. The summed E-state index contributed by atoms with van der Waals surface area (Å²) in [7, 11) is 2.25. The van der Waals surface area contributed by atoms with E-state index in [-0.39, 0.29) is 0 Å². The smallest absolute Gasteiger partial charge is 0.0201 e. The van der Waals surface area contributed by atoms with Crippen molar-refractivity contribution in [2.75, 3.05) is 26.7 Å². The lowest BCUT2D eigenvalue weighted by molar-refractivity contribution is 0.203. The minimum absolute atomic E-state index is 0.633. The van der Waals surface area contributed by atoms with Gasteiger partial charge in [0.1, 0.15) is 0 Å². The maximum absolute atomic E-state index is 3.77. The standard InChI is InChI=1S/C19H32N2/c1-14(2)8-9-20-19-11-18(12-21(5)13-19)17-7-6-15(3)16(4)10-17/h6-7,10,14,18-20H,8-9,11-13H2,1-5H3. The van der Waals surface area contributed by atoms with E-state index in [1.54, 1.807) is 0 Å². The summed E-state index contributed by atoms with van der Waals surface area (Å²) in [5.41, 5.74) is 4.33. The minimum atomic E-state index is 0.633. The Kier molecular flexibility index (Phi) is 5.83. The molecule has 1 heterocycles. The van der Waals surface area contributed by atoms with Gasteiger partial charge >= 0.3 is 0 Å². The van der Waals surface area contributed by atoms with Crippen LogP contribution < -0.4 is 5.32 Å². The predicted octanol–water partition coefficient (Wildman–Crippen LogP) is 3.73. The molecule has 0 aliphatic carbocycles. The number of rotatable bonds is 5. The summed E-state index contributed by atoms with van der Waals surface area (Å²) >= 11 is 0. The zero-order chi connectivity index (χ0) is 15.4. The third-order valence-corrected chi connectivity index (χ3v) is 4.79. The summed E-state index contributed by atoms with van der Waals surface area (Å²) in [4.78, 5) is 2.48. The van der Waals surface area contributed by atoms with Crippen LogP contribution in [0.3, 0.4) is 0 Å². The quantitative estimate of drug-likeness (QED) is 0.888. The van der Waals surface area contributed by atoms with Gasteiger partial charge in [0.05, 0.1) is 0 Å². The van der Waals surface area contributed by atoms with Gasteiger partial charge in [-0.15, -0.1) is 0 Å². The topological polar surface area (TPSA) is 15.3 Å². The number of aryl methyl sites for hydroxylation is 2. The van der Waals surface area contributed by atoms with Crippen LogP contribution in [0, 0.1) is 19.8 Å². The summed E-state index contributed by atoms with van der Waals surface area (Å²) in [6.45, 7) is 12.5. The van der Waals surface area contributed by atoms with Crippen LogP contribution in [0.4, 0.5) is 0 Å². The average molecular weight is 288 g/mol. The van der Waals surface area contributed by atoms with Crippen molar-refractivity contribution in [1.82, 2.24) is 10.2 Å². The molecule has 118 valence electrons. The number of likely N-dealkylation sites (N-methyl/N-ethyl adjacent to an activating group) is 1. The SMILES string of the molecule is Cc1ccc(C2CC(NCCC(C)C)CN(C)C2)cc1C.